The van der Waals surface area contributed by atoms with Gasteiger partial charge in [0.05, 0.1) is 18.3 Å². The van der Waals surface area contributed by atoms with Crippen LogP contribution in [0.15, 0.2) is 42.6 Å². The number of benzene rings is 2. The van der Waals surface area contributed by atoms with E-state index in [4.69, 9.17) is 10.00 Å². The molecule has 0 spiro atoms. The molecule has 0 radical (unpaired) electrons. The lowest BCUT2D eigenvalue weighted by Crippen LogP contribution is -2.39. The summed E-state index contributed by atoms with van der Waals surface area (Å²) in [4.78, 5) is 0. The monoisotopic (exact) mass is 408 g/mol. The molecule has 0 bridgehead atoms. The number of hydrogen-bond donors (Lipinski definition) is 2. The van der Waals surface area contributed by atoms with Crippen molar-refractivity contribution >= 4 is 5.57 Å². The molecule has 5 nitrogen and oxygen atoms in total. The maximum Gasteiger partial charge on any atom is 0.141 e. The molecule has 2 aliphatic heterocycles. The molecular formula is C24H29FN4O. The molecule has 0 saturated carbocycles. The van der Waals surface area contributed by atoms with Gasteiger partial charge in [0.15, 0.2) is 0 Å². The Bertz CT molecular complexity index is 945. The number of nitriles is 1. The quantitative estimate of drug-likeness (QED) is 0.808. The molecule has 2 aromatic carbocycles. The Balaban J connectivity index is 0.00000124. The molecule has 4 rings (SSSR count). The minimum Gasteiger partial charge on any atom is -0.375 e. The van der Waals surface area contributed by atoms with Crippen LogP contribution in [0.3, 0.4) is 0 Å². The smallest absolute Gasteiger partial charge is 0.141 e. The number of rotatable bonds is 4. The first-order valence-corrected chi connectivity index (χ1v) is 10.5. The number of morpholine rings is 1. The highest BCUT2D eigenvalue weighted by Gasteiger charge is 2.22. The summed E-state index contributed by atoms with van der Waals surface area (Å²) in [6.07, 6.45) is 2.98. The number of hydrogen-bond acceptors (Lipinski definition) is 5. The van der Waals surface area contributed by atoms with E-state index in [-0.39, 0.29) is 11.7 Å². The van der Waals surface area contributed by atoms with E-state index in [0.717, 1.165) is 41.8 Å². The highest BCUT2D eigenvalue weighted by molar-refractivity contribution is 5.84. The van der Waals surface area contributed by atoms with E-state index < -0.39 is 5.82 Å². The number of hydrazine groups is 1. The van der Waals surface area contributed by atoms with Crippen LogP contribution in [0.5, 0.6) is 0 Å². The predicted octanol–water partition coefficient (Wildman–Crippen LogP) is 3.71. The molecule has 30 heavy (non-hydrogen) atoms. The third-order valence-corrected chi connectivity index (χ3v) is 5.19. The molecule has 2 aromatic rings. The summed E-state index contributed by atoms with van der Waals surface area (Å²) < 4.78 is 20.2. The summed E-state index contributed by atoms with van der Waals surface area (Å²) >= 11 is 0. The normalized spacial score (nSPS) is 18.3. The van der Waals surface area contributed by atoms with Crippen LogP contribution in [0.1, 0.15) is 30.5 Å². The van der Waals surface area contributed by atoms with Crippen LogP contribution in [-0.2, 0) is 11.2 Å². The second-order valence-electron chi connectivity index (χ2n) is 7.15. The van der Waals surface area contributed by atoms with Gasteiger partial charge in [-0.15, -0.1) is 0 Å². The summed E-state index contributed by atoms with van der Waals surface area (Å²) in [5.74, 6) is -0.494. The molecule has 2 heterocycles. The van der Waals surface area contributed by atoms with Gasteiger partial charge in [0, 0.05) is 39.3 Å². The molecule has 0 aromatic heterocycles. The second kappa shape index (κ2) is 10.4. The number of nitrogens with zero attached hydrogens (tertiary/aromatic N) is 2. The third-order valence-electron chi connectivity index (χ3n) is 5.19. The first-order chi connectivity index (χ1) is 14.7. The van der Waals surface area contributed by atoms with Crippen molar-refractivity contribution in [3.63, 3.8) is 0 Å². The maximum absolute atomic E-state index is 14.3. The van der Waals surface area contributed by atoms with Crippen LogP contribution in [0.2, 0.25) is 0 Å². The van der Waals surface area contributed by atoms with E-state index in [1.54, 1.807) is 6.07 Å². The lowest BCUT2D eigenvalue weighted by atomic mass is 9.88. The van der Waals surface area contributed by atoms with E-state index in [0.29, 0.717) is 13.2 Å². The van der Waals surface area contributed by atoms with Crippen molar-refractivity contribution in [1.29, 1.82) is 5.26 Å². The average molecular weight is 409 g/mol. The summed E-state index contributed by atoms with van der Waals surface area (Å²) in [5, 5.41) is 14.3. The fraction of sp³-hybridized carbons (Fsp3) is 0.375. The van der Waals surface area contributed by atoms with Gasteiger partial charge in [-0.3, -0.25) is 0 Å². The van der Waals surface area contributed by atoms with Crippen LogP contribution >= 0.6 is 0 Å². The molecule has 1 atom stereocenters. The topological polar surface area (TPSA) is 60.3 Å². The van der Waals surface area contributed by atoms with Crippen molar-refractivity contribution in [2.45, 2.75) is 26.4 Å². The molecule has 1 unspecified atom stereocenters. The van der Waals surface area contributed by atoms with Gasteiger partial charge in [-0.05, 0) is 40.0 Å². The van der Waals surface area contributed by atoms with Gasteiger partial charge in [0.2, 0.25) is 0 Å². The number of halogens is 1. The van der Waals surface area contributed by atoms with E-state index in [2.05, 4.69) is 23.0 Å². The molecule has 2 aliphatic rings. The minimum absolute atomic E-state index is 0.0598. The highest BCUT2D eigenvalue weighted by Crippen LogP contribution is 2.34. The Morgan fingerprint density at radius 1 is 1.27 bits per heavy atom. The number of ether oxygens (including phenoxy) is 1. The highest BCUT2D eigenvalue weighted by atomic mass is 19.1. The standard InChI is InChI=1S/C22H23FN4O.C2H6/c1-27-14-18(12-26-27)22-16(9-19-13-25-7-8-28-19)3-2-4-20(22)15-5-6-17(11-24)21(23)10-15;1-2/h2-6,10,14,19,25-26H,7-9,12-13H2,1H3;1-2H3. The van der Waals surface area contributed by atoms with Crippen LogP contribution < -0.4 is 10.7 Å². The molecule has 2 N–H and O–H groups in total. The lowest BCUT2D eigenvalue weighted by molar-refractivity contribution is 0.0292. The Labute approximate surface area is 178 Å². The van der Waals surface area contributed by atoms with Crippen LogP contribution in [0.4, 0.5) is 4.39 Å². The predicted molar refractivity (Wildman–Crippen MR) is 118 cm³/mol. The summed E-state index contributed by atoms with van der Waals surface area (Å²) in [7, 11) is 1.96. The van der Waals surface area contributed by atoms with Crippen molar-refractivity contribution in [3.05, 3.63) is 65.1 Å². The van der Waals surface area contributed by atoms with E-state index in [1.165, 1.54) is 11.6 Å². The van der Waals surface area contributed by atoms with Gasteiger partial charge in [-0.1, -0.05) is 38.1 Å². The van der Waals surface area contributed by atoms with Gasteiger partial charge < -0.3 is 15.1 Å². The zero-order chi connectivity index (χ0) is 21.5. The number of nitrogens with one attached hydrogen (secondary N) is 2. The lowest BCUT2D eigenvalue weighted by Gasteiger charge is -2.25. The van der Waals surface area contributed by atoms with Crippen molar-refractivity contribution < 1.29 is 9.13 Å². The van der Waals surface area contributed by atoms with Gasteiger partial charge in [0.1, 0.15) is 11.9 Å². The Hall–Kier alpha value is -2.72. The van der Waals surface area contributed by atoms with Gasteiger partial charge >= 0.3 is 0 Å². The third kappa shape index (κ3) is 4.88. The van der Waals surface area contributed by atoms with Gasteiger partial charge in [0.25, 0.3) is 0 Å². The van der Waals surface area contributed by atoms with Gasteiger partial charge in [-0.2, -0.15) is 5.26 Å². The van der Waals surface area contributed by atoms with E-state index in [1.807, 2.05) is 50.2 Å². The van der Waals surface area contributed by atoms with E-state index >= 15 is 0 Å². The Morgan fingerprint density at radius 2 is 2.10 bits per heavy atom. The van der Waals surface area contributed by atoms with Crippen molar-refractivity contribution in [3.8, 4) is 17.2 Å². The first-order valence-electron chi connectivity index (χ1n) is 10.5. The van der Waals surface area contributed by atoms with Crippen LogP contribution in [-0.4, -0.2) is 44.4 Å². The second-order valence-corrected chi connectivity index (χ2v) is 7.15. The van der Waals surface area contributed by atoms with Crippen LogP contribution in [0, 0.1) is 17.1 Å². The van der Waals surface area contributed by atoms with Gasteiger partial charge in [-0.25, -0.2) is 9.82 Å². The Kier molecular flexibility index (Phi) is 7.58. The average Bonchev–Trinajstić information content (AvgIpc) is 3.21. The van der Waals surface area contributed by atoms with E-state index in [9.17, 15) is 4.39 Å². The largest absolute Gasteiger partial charge is 0.375 e. The minimum atomic E-state index is -0.494. The molecule has 1 fully saturated rings. The molecule has 1 saturated heterocycles. The van der Waals surface area contributed by atoms with Crippen molar-refractivity contribution in [1.82, 2.24) is 15.8 Å². The molecule has 0 amide bonds. The summed E-state index contributed by atoms with van der Waals surface area (Å²) in [5.41, 5.74) is 8.53. The van der Waals surface area contributed by atoms with Crippen molar-refractivity contribution in [2.75, 3.05) is 33.3 Å². The summed E-state index contributed by atoms with van der Waals surface area (Å²) in [6.45, 7) is 7.14. The molecule has 158 valence electrons. The first kappa shape index (κ1) is 22.0. The fourth-order valence-corrected chi connectivity index (χ4v) is 3.85. The fourth-order valence-electron chi connectivity index (χ4n) is 3.85. The molecule has 0 aliphatic carbocycles. The zero-order valence-electron chi connectivity index (χ0n) is 17.8. The SMILES string of the molecule is CC.CN1C=C(c2c(CC3CNCCO3)cccc2-c2ccc(C#N)c(F)c2)CN1. The molecular weight excluding hydrogens is 379 g/mol. The van der Waals surface area contributed by atoms with Crippen LogP contribution in [0.25, 0.3) is 16.7 Å². The zero-order valence-corrected chi connectivity index (χ0v) is 17.8. The summed E-state index contributed by atoms with van der Waals surface area (Å²) in [6, 6.07) is 12.8. The van der Waals surface area contributed by atoms with Crippen molar-refractivity contribution in [2.24, 2.45) is 0 Å². The molecule has 6 heteroatoms. The Morgan fingerprint density at radius 3 is 2.73 bits per heavy atom. The maximum atomic E-state index is 14.3.